The van der Waals surface area contributed by atoms with Gasteiger partial charge in [0.1, 0.15) is 4.47 Å². The average Bonchev–Trinajstić information content (AvgIpc) is 2.47. The molecule has 0 saturated carbocycles. The molecule has 5 heteroatoms. The Kier molecular flexibility index (Phi) is 2.25. The molecule has 0 aliphatic rings. The second-order valence-corrected chi connectivity index (χ2v) is 3.67. The minimum Gasteiger partial charge on any atom is -0.293 e. The highest BCUT2D eigenvalue weighted by Crippen LogP contribution is 2.09. The predicted octanol–water partition coefficient (Wildman–Crippen LogP) is 1.63. The predicted molar refractivity (Wildman–Crippen MR) is 56.6 cm³/mol. The molecular weight excluding hydrogens is 246 g/mol. The molecule has 0 aliphatic heterocycles. The molecule has 2 heterocycles. The molecule has 0 saturated heterocycles. The lowest BCUT2D eigenvalue weighted by atomic mass is 10.5. The number of rotatable bonds is 1. The molecule has 0 aromatic carbocycles. The van der Waals surface area contributed by atoms with Gasteiger partial charge in [-0.2, -0.15) is 0 Å². The monoisotopic (exact) mass is 253 g/mol. The van der Waals surface area contributed by atoms with E-state index in [1.165, 1.54) is 4.68 Å². The fourth-order valence-corrected chi connectivity index (χ4v) is 1.44. The number of aryl methyl sites for hydroxylation is 1. The topological polar surface area (TPSA) is 50.7 Å². The summed E-state index contributed by atoms with van der Waals surface area (Å²) in [5.74, 6) is 0.589. The van der Waals surface area contributed by atoms with Crippen LogP contribution in [0.3, 0.4) is 0 Å². The van der Waals surface area contributed by atoms with E-state index in [-0.39, 0.29) is 5.56 Å². The quantitative estimate of drug-likeness (QED) is 0.840. The average molecular weight is 254 g/mol. The number of nitrogens with one attached hydrogen (secondary N) is 1. The normalized spacial score (nSPS) is 10.4. The Morgan fingerprint density at radius 1 is 1.50 bits per heavy atom. The highest BCUT2D eigenvalue weighted by molar-refractivity contribution is 9.10. The first-order valence-corrected chi connectivity index (χ1v) is 4.88. The molecule has 0 atom stereocenters. The van der Waals surface area contributed by atoms with Crippen LogP contribution in [-0.4, -0.2) is 14.8 Å². The van der Waals surface area contributed by atoms with Crippen LogP contribution in [0.1, 0.15) is 5.69 Å². The minimum atomic E-state index is -0.124. The molecule has 0 radical (unpaired) electrons. The fourth-order valence-electron chi connectivity index (χ4n) is 1.17. The van der Waals surface area contributed by atoms with Crippen molar-refractivity contribution < 1.29 is 0 Å². The van der Waals surface area contributed by atoms with Gasteiger partial charge in [0.25, 0.3) is 5.56 Å². The molecule has 0 unspecified atom stereocenters. The number of hydrogen-bond acceptors (Lipinski definition) is 2. The summed E-state index contributed by atoms with van der Waals surface area (Å²) in [5, 5.41) is 2.92. The zero-order valence-electron chi connectivity index (χ0n) is 7.49. The second-order valence-electron chi connectivity index (χ2n) is 2.88. The van der Waals surface area contributed by atoms with Crippen LogP contribution in [0.2, 0.25) is 0 Å². The van der Waals surface area contributed by atoms with Crippen LogP contribution in [0.25, 0.3) is 5.82 Å². The van der Waals surface area contributed by atoms with E-state index in [0.717, 1.165) is 5.69 Å². The summed E-state index contributed by atoms with van der Waals surface area (Å²) in [6, 6.07) is 5.40. The van der Waals surface area contributed by atoms with E-state index in [4.69, 9.17) is 0 Å². The van der Waals surface area contributed by atoms with Crippen LogP contribution in [-0.2, 0) is 0 Å². The lowest BCUT2D eigenvalue weighted by Crippen LogP contribution is -2.15. The van der Waals surface area contributed by atoms with Crippen LogP contribution in [0.4, 0.5) is 0 Å². The summed E-state index contributed by atoms with van der Waals surface area (Å²) in [6.07, 6.45) is 1.64. The molecule has 0 bridgehead atoms. The highest BCUT2D eigenvalue weighted by Gasteiger charge is 2.09. The molecule has 0 aliphatic carbocycles. The Morgan fingerprint density at radius 2 is 2.29 bits per heavy atom. The molecule has 1 N–H and O–H groups in total. The summed E-state index contributed by atoms with van der Waals surface area (Å²) in [7, 11) is 0. The molecule has 72 valence electrons. The first-order valence-electron chi connectivity index (χ1n) is 4.08. The molecule has 0 amide bonds. The number of halogens is 1. The third-order valence-corrected chi connectivity index (χ3v) is 2.81. The van der Waals surface area contributed by atoms with Crippen molar-refractivity contribution in [3.63, 3.8) is 0 Å². The van der Waals surface area contributed by atoms with Gasteiger partial charge in [-0.05, 0) is 35.0 Å². The summed E-state index contributed by atoms with van der Waals surface area (Å²) in [6.45, 7) is 1.82. The van der Waals surface area contributed by atoms with Crippen LogP contribution in [0.5, 0.6) is 0 Å². The Labute approximate surface area is 88.7 Å². The van der Waals surface area contributed by atoms with Crippen molar-refractivity contribution in [2.45, 2.75) is 6.92 Å². The van der Waals surface area contributed by atoms with E-state index >= 15 is 0 Å². The molecule has 4 nitrogen and oxygen atoms in total. The Hall–Kier alpha value is -1.36. The van der Waals surface area contributed by atoms with Crippen LogP contribution >= 0.6 is 15.9 Å². The zero-order chi connectivity index (χ0) is 10.1. The van der Waals surface area contributed by atoms with Gasteiger partial charge in [0.05, 0.1) is 0 Å². The Morgan fingerprint density at radius 3 is 2.79 bits per heavy atom. The second kappa shape index (κ2) is 3.42. The van der Waals surface area contributed by atoms with Crippen molar-refractivity contribution in [2.24, 2.45) is 0 Å². The van der Waals surface area contributed by atoms with E-state index in [2.05, 4.69) is 26.0 Å². The molecule has 14 heavy (non-hydrogen) atoms. The maximum Gasteiger partial charge on any atom is 0.287 e. The summed E-state index contributed by atoms with van der Waals surface area (Å²) in [4.78, 5) is 15.7. The van der Waals surface area contributed by atoms with E-state index in [9.17, 15) is 4.79 Å². The van der Waals surface area contributed by atoms with Crippen LogP contribution < -0.4 is 5.56 Å². The molecule has 0 fully saturated rings. The highest BCUT2D eigenvalue weighted by atomic mass is 79.9. The molecular formula is C9H8BrN3O. The maximum atomic E-state index is 11.6. The van der Waals surface area contributed by atoms with Gasteiger partial charge in [-0.1, -0.05) is 6.07 Å². The number of pyridine rings is 1. The summed E-state index contributed by atoms with van der Waals surface area (Å²) in [5.41, 5.74) is 0.668. The van der Waals surface area contributed by atoms with Gasteiger partial charge in [-0.25, -0.2) is 9.67 Å². The van der Waals surface area contributed by atoms with E-state index in [1.54, 1.807) is 18.3 Å². The largest absolute Gasteiger partial charge is 0.293 e. The van der Waals surface area contributed by atoms with Gasteiger partial charge < -0.3 is 0 Å². The van der Waals surface area contributed by atoms with E-state index in [0.29, 0.717) is 10.3 Å². The number of aromatic nitrogens is 3. The van der Waals surface area contributed by atoms with Crippen LogP contribution in [0, 0.1) is 6.92 Å². The van der Waals surface area contributed by atoms with Gasteiger partial charge >= 0.3 is 0 Å². The molecule has 2 rings (SSSR count). The maximum absolute atomic E-state index is 11.6. The first kappa shape index (κ1) is 9.21. The lowest BCUT2D eigenvalue weighted by molar-refractivity contribution is 0.807. The van der Waals surface area contributed by atoms with Crippen molar-refractivity contribution in [3.05, 3.63) is 44.9 Å². The Bertz CT molecular complexity index is 501. The van der Waals surface area contributed by atoms with Gasteiger partial charge in [0, 0.05) is 11.9 Å². The van der Waals surface area contributed by atoms with Crippen molar-refractivity contribution >= 4 is 15.9 Å². The lowest BCUT2D eigenvalue weighted by Gasteiger charge is -1.97. The number of hydrogen-bond donors (Lipinski definition) is 1. The SMILES string of the molecule is Cc1[nH]n(-c2ccccn2)c(=O)c1Br. The van der Waals surface area contributed by atoms with Gasteiger partial charge in [-0.15, -0.1) is 0 Å². The molecule has 2 aromatic heterocycles. The number of nitrogens with zero attached hydrogens (tertiary/aromatic N) is 2. The van der Waals surface area contributed by atoms with Crippen LogP contribution in [0.15, 0.2) is 33.7 Å². The fraction of sp³-hybridized carbons (Fsp3) is 0.111. The summed E-state index contributed by atoms with van der Waals surface area (Å²) < 4.78 is 1.95. The van der Waals surface area contributed by atoms with E-state index < -0.39 is 0 Å². The van der Waals surface area contributed by atoms with Crippen molar-refractivity contribution in [2.75, 3.05) is 0 Å². The first-order chi connectivity index (χ1) is 6.70. The number of H-pyrrole nitrogens is 1. The Balaban J connectivity index is 2.64. The molecule has 0 spiro atoms. The standard InChI is InChI=1S/C9H8BrN3O/c1-6-8(10)9(14)13(12-6)7-4-2-3-5-11-7/h2-5,12H,1H3. The van der Waals surface area contributed by atoms with Crippen molar-refractivity contribution in [3.8, 4) is 5.82 Å². The van der Waals surface area contributed by atoms with E-state index in [1.807, 2.05) is 13.0 Å². The molecule has 2 aromatic rings. The van der Waals surface area contributed by atoms with Gasteiger partial charge in [0.15, 0.2) is 5.82 Å². The number of aromatic amines is 1. The van der Waals surface area contributed by atoms with Crippen molar-refractivity contribution in [1.82, 2.24) is 14.8 Å². The third kappa shape index (κ3) is 1.39. The summed E-state index contributed by atoms with van der Waals surface area (Å²) >= 11 is 3.20. The van der Waals surface area contributed by atoms with Gasteiger partial charge in [-0.3, -0.25) is 9.89 Å². The van der Waals surface area contributed by atoms with Gasteiger partial charge in [0.2, 0.25) is 0 Å². The zero-order valence-corrected chi connectivity index (χ0v) is 9.08. The smallest absolute Gasteiger partial charge is 0.287 e. The third-order valence-electron chi connectivity index (χ3n) is 1.88. The van der Waals surface area contributed by atoms with Crippen molar-refractivity contribution in [1.29, 1.82) is 0 Å². The minimum absolute atomic E-state index is 0.124.